The maximum Gasteiger partial charge on any atom is 2.00 e. The zero-order valence-electron chi connectivity index (χ0n) is 21.0. The summed E-state index contributed by atoms with van der Waals surface area (Å²) in [5, 5.41) is 8.81. The van der Waals surface area contributed by atoms with Gasteiger partial charge < -0.3 is 14.5 Å². The molecule has 0 N–H and O–H groups in total. The third-order valence-corrected chi connectivity index (χ3v) is 5.11. The van der Waals surface area contributed by atoms with Crippen LogP contribution in [0.3, 0.4) is 0 Å². The average Bonchev–Trinajstić information content (AvgIpc) is 2.96. The largest absolute Gasteiger partial charge is 2.00 e. The van der Waals surface area contributed by atoms with Crippen molar-refractivity contribution >= 4 is 5.69 Å². The van der Waals surface area contributed by atoms with Crippen LogP contribution in [-0.4, -0.2) is 24.2 Å². The maximum absolute atomic E-state index is 12.8. The van der Waals surface area contributed by atoms with Crippen molar-refractivity contribution in [2.24, 2.45) is 0 Å². The summed E-state index contributed by atoms with van der Waals surface area (Å²) in [5.41, 5.74) is -1.50. The summed E-state index contributed by atoms with van der Waals surface area (Å²) < 4.78 is 86.7. The molecular formula is C28H16F6N4O2Pt. The second kappa shape index (κ2) is 13.8. The molecule has 13 heteroatoms. The van der Waals surface area contributed by atoms with Crippen LogP contribution in [0.1, 0.15) is 16.7 Å². The Morgan fingerprint density at radius 1 is 0.780 bits per heavy atom. The van der Waals surface area contributed by atoms with E-state index >= 15 is 0 Å². The Bertz CT molecular complexity index is 1480. The number of benzene rings is 2. The van der Waals surface area contributed by atoms with Crippen LogP contribution < -0.4 is 9.47 Å². The normalized spacial score (nSPS) is 10.7. The molecule has 0 saturated heterocycles. The van der Waals surface area contributed by atoms with Crippen molar-refractivity contribution in [1.29, 1.82) is 5.26 Å². The number of ether oxygens (including phenoxy) is 2. The first-order valence-corrected chi connectivity index (χ1v) is 11.0. The minimum absolute atomic E-state index is 0. The minimum atomic E-state index is -4.53. The Balaban J connectivity index is 0.000000280. The van der Waals surface area contributed by atoms with Gasteiger partial charge in [-0.2, -0.15) is 26.3 Å². The molecule has 2 heterocycles. The van der Waals surface area contributed by atoms with Gasteiger partial charge in [-0.3, -0.25) is 9.83 Å². The van der Waals surface area contributed by atoms with Crippen LogP contribution in [0.15, 0.2) is 60.9 Å². The van der Waals surface area contributed by atoms with Crippen molar-refractivity contribution in [3.05, 3.63) is 101 Å². The number of pyridine rings is 2. The van der Waals surface area contributed by atoms with E-state index in [2.05, 4.69) is 26.9 Å². The monoisotopic (exact) mass is 749 g/mol. The summed E-state index contributed by atoms with van der Waals surface area (Å²) in [6.45, 7) is 6.86. The molecule has 4 rings (SSSR count). The summed E-state index contributed by atoms with van der Waals surface area (Å²) in [6, 6.07) is 16.3. The van der Waals surface area contributed by atoms with Crippen molar-refractivity contribution in [3.63, 3.8) is 0 Å². The van der Waals surface area contributed by atoms with Gasteiger partial charge in [0.25, 0.3) is 0 Å². The van der Waals surface area contributed by atoms with E-state index in [0.29, 0.717) is 11.5 Å². The van der Waals surface area contributed by atoms with E-state index in [9.17, 15) is 26.3 Å². The zero-order valence-corrected chi connectivity index (χ0v) is 23.2. The number of hydrogen-bond donors (Lipinski definition) is 0. The molecule has 0 fully saturated rings. The third kappa shape index (κ3) is 8.79. The molecule has 0 radical (unpaired) electrons. The Morgan fingerprint density at radius 3 is 1.66 bits per heavy atom. The van der Waals surface area contributed by atoms with Gasteiger partial charge in [-0.1, -0.05) is 11.1 Å². The summed E-state index contributed by atoms with van der Waals surface area (Å²) in [4.78, 5) is 11.0. The number of nitriles is 1. The smallest absolute Gasteiger partial charge is 0.497 e. The Morgan fingerprint density at radius 2 is 1.24 bits per heavy atom. The van der Waals surface area contributed by atoms with E-state index in [1.807, 2.05) is 0 Å². The first kappa shape index (κ1) is 32.8. The van der Waals surface area contributed by atoms with E-state index in [1.54, 1.807) is 18.2 Å². The Hall–Kier alpha value is -4.41. The summed E-state index contributed by atoms with van der Waals surface area (Å²) in [5.74, 6) is 0.921. The van der Waals surface area contributed by atoms with Gasteiger partial charge in [0.1, 0.15) is 17.2 Å². The van der Waals surface area contributed by atoms with Crippen LogP contribution >= 0.6 is 0 Å². The van der Waals surface area contributed by atoms with Gasteiger partial charge in [-0.05, 0) is 47.2 Å². The molecule has 0 bridgehead atoms. The van der Waals surface area contributed by atoms with Crippen LogP contribution in [0.25, 0.3) is 27.4 Å². The van der Waals surface area contributed by atoms with Crippen LogP contribution in [0.4, 0.5) is 32.0 Å². The molecule has 0 aliphatic carbocycles. The van der Waals surface area contributed by atoms with Gasteiger partial charge in [0, 0.05) is 18.1 Å². The quantitative estimate of drug-likeness (QED) is 0.159. The molecule has 0 aliphatic heterocycles. The molecule has 2 aromatic heterocycles. The van der Waals surface area contributed by atoms with Crippen molar-refractivity contribution < 1.29 is 56.9 Å². The van der Waals surface area contributed by atoms with Crippen LogP contribution in [-0.2, 0) is 33.4 Å². The topological polar surface area (TPSA) is 72.4 Å². The molecule has 6 nitrogen and oxygen atoms in total. The second-order valence-electron chi connectivity index (χ2n) is 7.75. The van der Waals surface area contributed by atoms with Crippen molar-refractivity contribution in [3.8, 4) is 40.1 Å². The van der Waals surface area contributed by atoms with Crippen molar-refractivity contribution in [1.82, 2.24) is 9.97 Å². The predicted octanol–water partition coefficient (Wildman–Crippen LogP) is 7.57. The number of aromatic nitrogens is 2. The van der Waals surface area contributed by atoms with Gasteiger partial charge in [0.05, 0.1) is 20.8 Å². The fourth-order valence-electron chi connectivity index (χ4n) is 3.22. The van der Waals surface area contributed by atoms with E-state index in [1.165, 1.54) is 38.7 Å². The molecule has 2 aromatic carbocycles. The summed E-state index contributed by atoms with van der Waals surface area (Å²) in [7, 11) is 2.88. The standard InChI is InChI=1S/2C14H8F3N2O.Pt/c1-18-11-6-9(5-10(7-11)14(15,16)17)13-8-12(20-2)3-4-19-13;1-20-12-2-3-19-13(7-12)10-4-9(8-18)5-11(6-10)14(15,16)17;/h3-5,7-8H,2H3;2-3,5-7H,1H3;/q2*-1;+2. The molecule has 0 amide bonds. The number of hydrogen-bond acceptors (Lipinski definition) is 5. The van der Waals surface area contributed by atoms with Crippen LogP contribution in [0.2, 0.25) is 0 Å². The molecule has 0 saturated carbocycles. The van der Waals surface area contributed by atoms with Gasteiger partial charge in [0.2, 0.25) is 0 Å². The Labute approximate surface area is 245 Å². The fourth-order valence-corrected chi connectivity index (χ4v) is 3.22. The summed E-state index contributed by atoms with van der Waals surface area (Å²) in [6.07, 6.45) is -6.23. The number of nitrogens with zero attached hydrogens (tertiary/aromatic N) is 4. The van der Waals surface area contributed by atoms with Crippen molar-refractivity contribution in [2.45, 2.75) is 12.4 Å². The van der Waals surface area contributed by atoms with Gasteiger partial charge in [-0.25, -0.2) is 5.26 Å². The van der Waals surface area contributed by atoms with Crippen molar-refractivity contribution in [2.75, 3.05) is 14.2 Å². The van der Waals surface area contributed by atoms with E-state index in [4.69, 9.17) is 21.3 Å². The second-order valence-corrected chi connectivity index (χ2v) is 7.75. The van der Waals surface area contributed by atoms with Crippen LogP contribution in [0.5, 0.6) is 11.5 Å². The summed E-state index contributed by atoms with van der Waals surface area (Å²) >= 11 is 0. The molecule has 0 unspecified atom stereocenters. The SMILES string of the molecule is COc1ccnc(-c2[c-]c(C#N)cc(C(F)(F)F)c2)c1.[C-]#[N+]c1[c-]c(-c2cc(OC)ccn2)cc(C(F)(F)F)c1.[Pt+2]. The predicted molar refractivity (Wildman–Crippen MR) is 131 cm³/mol. The molecule has 4 aromatic rings. The third-order valence-electron chi connectivity index (χ3n) is 5.11. The number of methoxy groups -OCH3 is 2. The number of halogens is 6. The molecule has 212 valence electrons. The minimum Gasteiger partial charge on any atom is -0.497 e. The Kier molecular flexibility index (Phi) is 11.0. The number of rotatable bonds is 4. The first-order valence-electron chi connectivity index (χ1n) is 11.0. The van der Waals surface area contributed by atoms with E-state index in [0.717, 1.165) is 24.3 Å². The fraction of sp³-hybridized carbons (Fsp3) is 0.143. The maximum atomic E-state index is 12.8. The zero-order chi connectivity index (χ0) is 29.5. The van der Waals surface area contributed by atoms with E-state index in [-0.39, 0.29) is 54.8 Å². The van der Waals surface area contributed by atoms with Crippen LogP contribution in [0, 0.1) is 30.0 Å². The molecule has 0 aliphatic rings. The molecule has 0 spiro atoms. The molecule has 0 atom stereocenters. The van der Waals surface area contributed by atoms with Gasteiger partial charge >= 0.3 is 33.4 Å². The molecular weight excluding hydrogens is 733 g/mol. The van der Waals surface area contributed by atoms with Gasteiger partial charge in [-0.15, -0.1) is 42.0 Å². The van der Waals surface area contributed by atoms with Gasteiger partial charge in [0.15, 0.2) is 0 Å². The molecule has 41 heavy (non-hydrogen) atoms. The number of alkyl halides is 6. The average molecular weight is 750 g/mol. The first-order chi connectivity index (χ1) is 18.9. The van der Waals surface area contributed by atoms with E-state index < -0.39 is 23.5 Å².